The van der Waals surface area contributed by atoms with Crippen LogP contribution in [-0.4, -0.2) is 18.0 Å². The zero-order chi connectivity index (χ0) is 10.6. The van der Waals surface area contributed by atoms with Crippen LogP contribution in [0.1, 0.15) is 46.5 Å². The van der Waals surface area contributed by atoms with Crippen LogP contribution in [0.25, 0.3) is 0 Å². The molecule has 1 rings (SSSR count). The molecule has 1 atom stereocenters. The molecule has 80 valence electrons. The summed E-state index contributed by atoms with van der Waals surface area (Å²) in [5.74, 6) is 1.14. The van der Waals surface area contributed by atoms with Crippen molar-refractivity contribution < 1.29 is 4.79 Å². The van der Waals surface area contributed by atoms with Gasteiger partial charge in [-0.1, -0.05) is 20.8 Å². The molecule has 1 aliphatic heterocycles. The largest absolute Gasteiger partial charge is 0.293 e. The Labute approximate surface area is 86.8 Å². The lowest BCUT2D eigenvalue weighted by atomic mass is 9.88. The Balaban J connectivity index is 2.55. The molecule has 2 heteroatoms. The molecule has 0 N–H and O–H groups in total. The molecule has 0 radical (unpaired) electrons. The monoisotopic (exact) mass is 195 g/mol. The summed E-state index contributed by atoms with van der Waals surface area (Å²) in [6, 6.07) is 0. The first kappa shape index (κ1) is 11.4. The number of rotatable bonds is 5. The molecule has 0 aromatic heterocycles. The third-order valence-electron chi connectivity index (χ3n) is 2.78. The molecule has 0 aromatic carbocycles. The molecule has 0 bridgehead atoms. The SMILES string of the molecule is CCC(CC(C)C)C(=O)C1=NCCC1. The van der Waals surface area contributed by atoms with Gasteiger partial charge in [0.2, 0.25) is 0 Å². The molecule has 1 unspecified atom stereocenters. The molecule has 14 heavy (non-hydrogen) atoms. The van der Waals surface area contributed by atoms with Gasteiger partial charge in [0.15, 0.2) is 5.78 Å². The van der Waals surface area contributed by atoms with Crippen molar-refractivity contribution in [3.8, 4) is 0 Å². The van der Waals surface area contributed by atoms with Gasteiger partial charge < -0.3 is 0 Å². The van der Waals surface area contributed by atoms with Gasteiger partial charge in [0.1, 0.15) is 0 Å². The van der Waals surface area contributed by atoms with E-state index in [1.165, 1.54) is 0 Å². The maximum Gasteiger partial charge on any atom is 0.179 e. The van der Waals surface area contributed by atoms with Crippen LogP contribution in [0.15, 0.2) is 4.99 Å². The number of ketones is 1. The average Bonchev–Trinajstić information content (AvgIpc) is 2.65. The van der Waals surface area contributed by atoms with E-state index < -0.39 is 0 Å². The molecule has 1 aliphatic rings. The number of hydrogen-bond donors (Lipinski definition) is 0. The zero-order valence-corrected chi connectivity index (χ0v) is 9.55. The second-order valence-corrected chi connectivity index (χ2v) is 4.53. The van der Waals surface area contributed by atoms with Crippen LogP contribution >= 0.6 is 0 Å². The van der Waals surface area contributed by atoms with Gasteiger partial charge in [-0.05, 0) is 31.6 Å². The quantitative estimate of drug-likeness (QED) is 0.663. The predicted molar refractivity (Wildman–Crippen MR) is 59.8 cm³/mol. The number of carbonyl (C=O) groups excluding carboxylic acids is 1. The molecule has 0 aromatic rings. The molecule has 1 heterocycles. The van der Waals surface area contributed by atoms with E-state index in [9.17, 15) is 4.79 Å². The number of aliphatic imine (C=N–C) groups is 1. The van der Waals surface area contributed by atoms with Crippen molar-refractivity contribution in [1.82, 2.24) is 0 Å². The first-order valence-electron chi connectivity index (χ1n) is 5.72. The third kappa shape index (κ3) is 2.93. The summed E-state index contributed by atoms with van der Waals surface area (Å²) >= 11 is 0. The predicted octanol–water partition coefficient (Wildman–Crippen LogP) is 2.86. The lowest BCUT2D eigenvalue weighted by molar-refractivity contribution is -0.117. The topological polar surface area (TPSA) is 29.4 Å². The smallest absolute Gasteiger partial charge is 0.179 e. The van der Waals surface area contributed by atoms with Crippen molar-refractivity contribution >= 4 is 11.5 Å². The summed E-state index contributed by atoms with van der Waals surface area (Å²) in [5, 5.41) is 0. The Hall–Kier alpha value is -0.660. The van der Waals surface area contributed by atoms with E-state index in [4.69, 9.17) is 0 Å². The first-order chi connectivity index (χ1) is 6.65. The number of hydrogen-bond acceptors (Lipinski definition) is 2. The summed E-state index contributed by atoms with van der Waals surface area (Å²) in [5.41, 5.74) is 0.859. The van der Waals surface area contributed by atoms with Gasteiger partial charge >= 0.3 is 0 Å². The lowest BCUT2D eigenvalue weighted by Crippen LogP contribution is -2.23. The fourth-order valence-corrected chi connectivity index (χ4v) is 2.00. The van der Waals surface area contributed by atoms with Gasteiger partial charge in [0, 0.05) is 12.5 Å². The zero-order valence-electron chi connectivity index (χ0n) is 9.55. The van der Waals surface area contributed by atoms with E-state index in [2.05, 4.69) is 25.8 Å². The Kier molecular flexibility index (Phi) is 4.30. The van der Waals surface area contributed by atoms with Crippen LogP contribution in [0.5, 0.6) is 0 Å². The van der Waals surface area contributed by atoms with E-state index in [0.29, 0.717) is 11.7 Å². The molecular formula is C12H21NO. The van der Waals surface area contributed by atoms with Crippen molar-refractivity contribution in [2.45, 2.75) is 46.5 Å². The summed E-state index contributed by atoms with van der Waals surface area (Å²) in [6.07, 6.45) is 3.94. The van der Waals surface area contributed by atoms with E-state index in [1.54, 1.807) is 0 Å². The van der Waals surface area contributed by atoms with Crippen LogP contribution < -0.4 is 0 Å². The molecule has 0 saturated carbocycles. The second kappa shape index (κ2) is 5.28. The van der Waals surface area contributed by atoms with Crippen molar-refractivity contribution in [3.63, 3.8) is 0 Å². The average molecular weight is 195 g/mol. The third-order valence-corrected chi connectivity index (χ3v) is 2.78. The Morgan fingerprint density at radius 3 is 2.64 bits per heavy atom. The Morgan fingerprint density at radius 1 is 1.50 bits per heavy atom. The van der Waals surface area contributed by atoms with Crippen LogP contribution in [0.2, 0.25) is 0 Å². The molecule has 0 amide bonds. The second-order valence-electron chi connectivity index (χ2n) is 4.53. The van der Waals surface area contributed by atoms with E-state index in [-0.39, 0.29) is 5.92 Å². The van der Waals surface area contributed by atoms with Crippen molar-refractivity contribution in [1.29, 1.82) is 0 Å². The highest BCUT2D eigenvalue weighted by atomic mass is 16.1. The molecule has 0 aliphatic carbocycles. The minimum Gasteiger partial charge on any atom is -0.293 e. The Morgan fingerprint density at radius 2 is 2.21 bits per heavy atom. The van der Waals surface area contributed by atoms with Crippen molar-refractivity contribution in [3.05, 3.63) is 0 Å². The number of Topliss-reactive ketones (excluding diaryl/α,β-unsaturated/α-hetero) is 1. The van der Waals surface area contributed by atoms with Crippen LogP contribution in [0, 0.1) is 11.8 Å². The van der Waals surface area contributed by atoms with E-state index >= 15 is 0 Å². The van der Waals surface area contributed by atoms with Gasteiger partial charge in [-0.15, -0.1) is 0 Å². The van der Waals surface area contributed by atoms with Crippen molar-refractivity contribution in [2.24, 2.45) is 16.8 Å². The highest BCUT2D eigenvalue weighted by molar-refractivity contribution is 6.40. The van der Waals surface area contributed by atoms with Crippen LogP contribution in [-0.2, 0) is 4.79 Å². The van der Waals surface area contributed by atoms with Gasteiger partial charge in [0.05, 0.1) is 5.71 Å². The summed E-state index contributed by atoms with van der Waals surface area (Å²) in [7, 11) is 0. The van der Waals surface area contributed by atoms with E-state index in [1.807, 2.05) is 0 Å². The summed E-state index contributed by atoms with van der Waals surface area (Å²) < 4.78 is 0. The molecule has 0 fully saturated rings. The summed E-state index contributed by atoms with van der Waals surface area (Å²) in [4.78, 5) is 16.3. The number of carbonyl (C=O) groups is 1. The van der Waals surface area contributed by atoms with Crippen molar-refractivity contribution in [2.75, 3.05) is 6.54 Å². The van der Waals surface area contributed by atoms with Gasteiger partial charge in [0.25, 0.3) is 0 Å². The maximum absolute atomic E-state index is 12.0. The number of nitrogens with zero attached hydrogens (tertiary/aromatic N) is 1. The van der Waals surface area contributed by atoms with Gasteiger partial charge in [-0.3, -0.25) is 9.79 Å². The standard InChI is InChI=1S/C12H21NO/c1-4-10(8-9(2)3)12(14)11-6-5-7-13-11/h9-10H,4-8H2,1-3H3. The summed E-state index contributed by atoms with van der Waals surface area (Å²) in [6.45, 7) is 7.30. The maximum atomic E-state index is 12.0. The Bertz CT molecular complexity index is 230. The fraction of sp³-hybridized carbons (Fsp3) is 0.833. The van der Waals surface area contributed by atoms with Crippen LogP contribution in [0.4, 0.5) is 0 Å². The molecule has 2 nitrogen and oxygen atoms in total. The van der Waals surface area contributed by atoms with E-state index in [0.717, 1.165) is 37.9 Å². The highest BCUT2D eigenvalue weighted by Gasteiger charge is 2.23. The van der Waals surface area contributed by atoms with Crippen LogP contribution in [0.3, 0.4) is 0 Å². The normalized spacial score (nSPS) is 18.4. The molecule has 0 saturated heterocycles. The fourth-order valence-electron chi connectivity index (χ4n) is 2.00. The molecule has 0 spiro atoms. The van der Waals surface area contributed by atoms with Gasteiger partial charge in [-0.2, -0.15) is 0 Å². The lowest BCUT2D eigenvalue weighted by Gasteiger charge is -2.15. The highest BCUT2D eigenvalue weighted by Crippen LogP contribution is 2.19. The minimum absolute atomic E-state index is 0.215. The first-order valence-corrected chi connectivity index (χ1v) is 5.72. The van der Waals surface area contributed by atoms with Gasteiger partial charge in [-0.25, -0.2) is 0 Å². The molecular weight excluding hydrogens is 174 g/mol. The minimum atomic E-state index is 0.215.